The second kappa shape index (κ2) is 8.41. The number of piperidine rings is 1. The summed E-state index contributed by atoms with van der Waals surface area (Å²) in [5.74, 6) is 0.979. The molecule has 5 nitrogen and oxygen atoms in total. The van der Waals surface area contributed by atoms with Crippen LogP contribution in [-0.2, 0) is 13.1 Å². The van der Waals surface area contributed by atoms with Gasteiger partial charge in [0.05, 0.1) is 18.6 Å². The van der Waals surface area contributed by atoms with E-state index in [1.807, 2.05) is 32.4 Å². The molecule has 4 aromatic rings. The number of fused-ring (bicyclic) bond motifs is 5. The van der Waals surface area contributed by atoms with E-state index in [9.17, 15) is 4.79 Å². The average molecular weight is 452 g/mol. The minimum Gasteiger partial charge on any atom is -0.378 e. The van der Waals surface area contributed by atoms with Crippen LogP contribution in [0.5, 0.6) is 0 Å². The van der Waals surface area contributed by atoms with Crippen molar-refractivity contribution in [3.63, 3.8) is 0 Å². The number of hydrogen-bond donors (Lipinski definition) is 1. The van der Waals surface area contributed by atoms with Crippen molar-refractivity contribution in [1.29, 1.82) is 0 Å². The lowest BCUT2D eigenvalue weighted by Gasteiger charge is -2.40. The molecule has 0 saturated carbocycles. The lowest BCUT2D eigenvalue weighted by Crippen LogP contribution is -3.13. The van der Waals surface area contributed by atoms with Crippen molar-refractivity contribution in [3.05, 3.63) is 94.5 Å². The zero-order chi connectivity index (χ0) is 23.2. The molecule has 2 aromatic carbocycles. The summed E-state index contributed by atoms with van der Waals surface area (Å²) < 4.78 is 2.07. The van der Waals surface area contributed by atoms with Crippen molar-refractivity contribution in [2.45, 2.75) is 25.4 Å². The number of nitrogens with one attached hydrogen (secondary N) is 1. The summed E-state index contributed by atoms with van der Waals surface area (Å²) in [7, 11) is 4.06. The third kappa shape index (κ3) is 3.80. The maximum Gasteiger partial charge on any atom is 0.258 e. The molecule has 2 aliphatic heterocycles. The Morgan fingerprint density at radius 2 is 1.85 bits per heavy atom. The summed E-state index contributed by atoms with van der Waals surface area (Å²) in [6.07, 6.45) is 3.22. The van der Waals surface area contributed by atoms with Crippen LogP contribution in [0, 0.1) is 5.92 Å². The van der Waals surface area contributed by atoms with Crippen molar-refractivity contribution in [2.24, 2.45) is 5.92 Å². The van der Waals surface area contributed by atoms with Crippen LogP contribution >= 0.6 is 0 Å². The predicted molar refractivity (Wildman–Crippen MR) is 137 cm³/mol. The Morgan fingerprint density at radius 3 is 2.68 bits per heavy atom. The highest BCUT2D eigenvalue weighted by atomic mass is 16.1. The Labute approximate surface area is 200 Å². The summed E-state index contributed by atoms with van der Waals surface area (Å²) in [4.78, 5) is 21.8. The quantitative estimate of drug-likeness (QED) is 0.518. The highest BCUT2D eigenvalue weighted by molar-refractivity contribution is 5.78. The molecule has 1 saturated heterocycles. The van der Waals surface area contributed by atoms with Gasteiger partial charge in [-0.05, 0) is 48.4 Å². The topological polar surface area (TPSA) is 42.6 Å². The van der Waals surface area contributed by atoms with Gasteiger partial charge in [-0.15, -0.1) is 0 Å². The van der Waals surface area contributed by atoms with Gasteiger partial charge in [0.1, 0.15) is 6.54 Å². The van der Waals surface area contributed by atoms with E-state index in [0.29, 0.717) is 11.8 Å². The highest BCUT2D eigenvalue weighted by Gasteiger charge is 2.37. The summed E-state index contributed by atoms with van der Waals surface area (Å²) in [5, 5.41) is 1.21. The molecule has 5 heteroatoms. The largest absolute Gasteiger partial charge is 0.378 e. The molecular weight excluding hydrogens is 420 g/mol. The van der Waals surface area contributed by atoms with Crippen LogP contribution in [0.3, 0.4) is 0 Å². The summed E-state index contributed by atoms with van der Waals surface area (Å²) in [6, 6.07) is 23.1. The van der Waals surface area contributed by atoms with Crippen LogP contribution in [0.1, 0.15) is 23.6 Å². The van der Waals surface area contributed by atoms with Crippen LogP contribution in [0.2, 0.25) is 0 Å². The third-order valence-electron chi connectivity index (χ3n) is 7.59. The maximum absolute atomic E-state index is 13.5. The normalized spacial score (nSPS) is 21.3. The van der Waals surface area contributed by atoms with Crippen LogP contribution in [0.15, 0.2) is 77.7 Å². The van der Waals surface area contributed by atoms with E-state index in [4.69, 9.17) is 0 Å². The molecule has 1 fully saturated rings. The SMILES string of the molecule is CN(C)c1ccc(-c2ccc3n(c2=O)C[C@H]2C[C@@H]3C[NH+](Cc3cnc4ccccc4c3)C2)cc1. The van der Waals surface area contributed by atoms with Gasteiger partial charge >= 0.3 is 0 Å². The Hall–Kier alpha value is -3.44. The first-order chi connectivity index (χ1) is 16.5. The molecule has 0 spiro atoms. The minimum atomic E-state index is 0.159. The molecule has 2 aromatic heterocycles. The smallest absolute Gasteiger partial charge is 0.258 e. The van der Waals surface area contributed by atoms with Gasteiger partial charge in [0.15, 0.2) is 0 Å². The molecule has 172 valence electrons. The number of benzene rings is 2. The van der Waals surface area contributed by atoms with E-state index in [1.54, 1.807) is 4.90 Å². The molecule has 3 atom stereocenters. The Morgan fingerprint density at radius 1 is 1.03 bits per heavy atom. The van der Waals surface area contributed by atoms with Gasteiger partial charge in [-0.2, -0.15) is 0 Å². The van der Waals surface area contributed by atoms with Gasteiger partial charge in [0.25, 0.3) is 5.56 Å². The van der Waals surface area contributed by atoms with Crippen molar-refractivity contribution in [2.75, 3.05) is 32.1 Å². The number of hydrogen-bond acceptors (Lipinski definition) is 3. The van der Waals surface area contributed by atoms with E-state index in [2.05, 4.69) is 69.0 Å². The van der Waals surface area contributed by atoms with Crippen molar-refractivity contribution in [3.8, 4) is 11.1 Å². The molecule has 34 heavy (non-hydrogen) atoms. The standard InChI is InChI=1S/C29H30N4O/c1-31(2)25-9-7-22(8-10-25)26-11-12-28-24-14-21(18-33(28)29(26)34)17-32(19-24)16-20-13-23-5-3-4-6-27(23)30-15-20/h3-13,15,21,24H,14,16-19H2,1-2H3/p+1/t21-,24+/m0/s1. The third-order valence-corrected chi connectivity index (χ3v) is 7.59. The van der Waals surface area contributed by atoms with Crippen molar-refractivity contribution in [1.82, 2.24) is 9.55 Å². The monoisotopic (exact) mass is 451 g/mol. The Kier molecular flexibility index (Phi) is 5.22. The van der Waals surface area contributed by atoms with Crippen LogP contribution in [0.25, 0.3) is 22.0 Å². The lowest BCUT2D eigenvalue weighted by molar-refractivity contribution is -0.924. The van der Waals surface area contributed by atoms with Crippen molar-refractivity contribution < 1.29 is 4.90 Å². The van der Waals surface area contributed by atoms with E-state index >= 15 is 0 Å². The fourth-order valence-electron chi connectivity index (χ4n) is 5.97. The number of aromatic nitrogens is 2. The predicted octanol–water partition coefficient (Wildman–Crippen LogP) is 3.33. The number of para-hydroxylation sites is 1. The first kappa shape index (κ1) is 21.1. The number of pyridine rings is 2. The molecule has 2 aliphatic rings. The minimum absolute atomic E-state index is 0.159. The van der Waals surface area contributed by atoms with E-state index in [1.165, 1.54) is 23.1 Å². The van der Waals surface area contributed by atoms with E-state index in [0.717, 1.165) is 48.5 Å². The summed E-state index contributed by atoms with van der Waals surface area (Å²) in [5.41, 5.74) is 6.66. The fourth-order valence-corrected chi connectivity index (χ4v) is 5.97. The fraction of sp³-hybridized carbons (Fsp3) is 0.310. The molecule has 6 rings (SSSR count). The van der Waals surface area contributed by atoms with Gasteiger partial charge < -0.3 is 14.4 Å². The number of rotatable bonds is 4. The van der Waals surface area contributed by atoms with Gasteiger partial charge in [-0.1, -0.05) is 30.3 Å². The van der Waals surface area contributed by atoms with Crippen LogP contribution < -0.4 is 15.4 Å². The molecule has 4 heterocycles. The summed E-state index contributed by atoms with van der Waals surface area (Å²) >= 11 is 0. The molecule has 0 aliphatic carbocycles. The van der Waals surface area contributed by atoms with E-state index in [-0.39, 0.29) is 5.56 Å². The second-order valence-corrected chi connectivity index (χ2v) is 10.2. The van der Waals surface area contributed by atoms with Crippen LogP contribution in [-0.4, -0.2) is 36.7 Å². The van der Waals surface area contributed by atoms with Gasteiger partial charge in [-0.3, -0.25) is 9.78 Å². The first-order valence-corrected chi connectivity index (χ1v) is 12.2. The zero-order valence-electron chi connectivity index (χ0n) is 19.9. The lowest BCUT2D eigenvalue weighted by atomic mass is 9.82. The molecule has 0 amide bonds. The number of likely N-dealkylation sites (tertiary alicyclic amines) is 1. The number of nitrogens with zero attached hydrogens (tertiary/aromatic N) is 3. The van der Waals surface area contributed by atoms with Gasteiger partial charge in [0.2, 0.25) is 0 Å². The van der Waals surface area contributed by atoms with E-state index < -0.39 is 0 Å². The Balaban J connectivity index is 1.25. The maximum atomic E-state index is 13.5. The molecule has 1 N–H and O–H groups in total. The second-order valence-electron chi connectivity index (χ2n) is 10.2. The Bertz CT molecular complexity index is 1410. The van der Waals surface area contributed by atoms with Gasteiger partial charge in [-0.25, -0.2) is 0 Å². The molecular formula is C29H31N4O+. The van der Waals surface area contributed by atoms with Gasteiger partial charge in [0, 0.05) is 66.6 Å². The number of anilines is 1. The molecule has 1 unspecified atom stereocenters. The molecule has 0 radical (unpaired) electrons. The number of quaternary nitrogens is 1. The van der Waals surface area contributed by atoms with Crippen LogP contribution in [0.4, 0.5) is 5.69 Å². The zero-order valence-corrected chi connectivity index (χ0v) is 19.9. The highest BCUT2D eigenvalue weighted by Crippen LogP contribution is 2.32. The van der Waals surface area contributed by atoms with Crippen molar-refractivity contribution >= 4 is 16.6 Å². The first-order valence-electron chi connectivity index (χ1n) is 12.2. The molecule has 2 bridgehead atoms. The average Bonchev–Trinajstić information content (AvgIpc) is 2.85. The summed E-state index contributed by atoms with van der Waals surface area (Å²) in [6.45, 7) is 4.00.